The minimum Gasteiger partial charge on any atom is -0.354 e. The van der Waals surface area contributed by atoms with Gasteiger partial charge in [-0.1, -0.05) is 65.9 Å². The maximum atomic E-state index is 14.1. The second kappa shape index (κ2) is 9.45. The molecule has 3 aromatic rings. The average molecular weight is 513 g/mol. The number of benzene rings is 2. The number of nitrogens with zero attached hydrogens (tertiary/aromatic N) is 3. The van der Waals surface area contributed by atoms with E-state index in [0.29, 0.717) is 24.6 Å². The summed E-state index contributed by atoms with van der Waals surface area (Å²) in [5.41, 5.74) is 5.79. The van der Waals surface area contributed by atoms with Gasteiger partial charge in [0.2, 0.25) is 5.91 Å². The van der Waals surface area contributed by atoms with Crippen LogP contribution in [0.5, 0.6) is 0 Å². The molecule has 1 aliphatic heterocycles. The smallest absolute Gasteiger partial charge is 0.274 e. The highest BCUT2D eigenvalue weighted by Crippen LogP contribution is 2.44. The first-order chi connectivity index (χ1) is 17.9. The Morgan fingerprint density at radius 1 is 1.08 bits per heavy atom. The third kappa shape index (κ3) is 4.15. The van der Waals surface area contributed by atoms with Crippen molar-refractivity contribution in [2.45, 2.75) is 44.7 Å². The Balaban J connectivity index is 1.24. The molecule has 3 aliphatic rings. The highest BCUT2D eigenvalue weighted by Gasteiger charge is 2.49. The summed E-state index contributed by atoms with van der Waals surface area (Å²) in [5.74, 6) is 0.382. The van der Waals surface area contributed by atoms with Gasteiger partial charge in [-0.15, -0.1) is 0 Å². The van der Waals surface area contributed by atoms with Crippen molar-refractivity contribution in [2.24, 2.45) is 5.92 Å². The first-order valence-electron chi connectivity index (χ1n) is 13.0. The molecule has 1 saturated carbocycles. The van der Waals surface area contributed by atoms with Crippen molar-refractivity contribution in [3.8, 4) is 10.4 Å². The van der Waals surface area contributed by atoms with E-state index >= 15 is 0 Å². The maximum absolute atomic E-state index is 14.1. The van der Waals surface area contributed by atoms with E-state index in [9.17, 15) is 9.59 Å². The van der Waals surface area contributed by atoms with Crippen LogP contribution in [0, 0.1) is 5.92 Å². The van der Waals surface area contributed by atoms with E-state index in [1.807, 2.05) is 73.3 Å². The molecule has 2 aliphatic carbocycles. The highest BCUT2D eigenvalue weighted by atomic mass is 32.1. The topological polar surface area (TPSA) is 65.5 Å². The first kappa shape index (κ1) is 23.9. The Hall–Kier alpha value is -3.45. The minimum absolute atomic E-state index is 0.00647. The number of allylic oxidation sites excluding steroid dienone is 1. The number of nitrogens with one attached hydrogen (secondary N) is 1. The predicted molar refractivity (Wildman–Crippen MR) is 149 cm³/mol. The van der Waals surface area contributed by atoms with Crippen molar-refractivity contribution in [2.75, 3.05) is 25.5 Å². The highest BCUT2D eigenvalue weighted by molar-refractivity contribution is 7.19. The summed E-state index contributed by atoms with van der Waals surface area (Å²) in [6, 6.07) is 18.5. The summed E-state index contributed by atoms with van der Waals surface area (Å²) in [6.07, 6.45) is 3.80. The maximum Gasteiger partial charge on any atom is 0.274 e. The van der Waals surface area contributed by atoms with Crippen LogP contribution in [-0.2, 0) is 11.2 Å². The molecule has 2 bridgehead atoms. The van der Waals surface area contributed by atoms with E-state index < -0.39 is 0 Å². The minimum atomic E-state index is -0.0163. The molecule has 6 nitrogen and oxygen atoms in total. The number of rotatable bonds is 6. The number of hydrogen-bond acceptors (Lipinski definition) is 5. The number of piperidine rings is 1. The van der Waals surface area contributed by atoms with E-state index in [2.05, 4.69) is 17.4 Å². The largest absolute Gasteiger partial charge is 0.354 e. The summed E-state index contributed by atoms with van der Waals surface area (Å²) in [5, 5.41) is 4.03. The number of aromatic nitrogens is 1. The molecular weight excluding hydrogens is 480 g/mol. The molecule has 0 radical (unpaired) electrons. The van der Waals surface area contributed by atoms with E-state index in [-0.39, 0.29) is 23.9 Å². The van der Waals surface area contributed by atoms with E-state index in [0.717, 1.165) is 51.5 Å². The van der Waals surface area contributed by atoms with Gasteiger partial charge in [-0.25, -0.2) is 4.98 Å². The molecule has 1 aromatic heterocycles. The number of anilines is 1. The molecule has 7 heteroatoms. The van der Waals surface area contributed by atoms with Crippen LogP contribution in [0.1, 0.15) is 47.8 Å². The lowest BCUT2D eigenvalue weighted by Gasteiger charge is -2.35. The number of hydrogen-bond donors (Lipinski definition) is 1. The second-order valence-electron chi connectivity index (χ2n) is 10.6. The standard InChI is InChI=1S/C30H32N4O2S/c1-18-23-12-8-7-11-20(23)16-24(18)28(35)31-17-25-21-13-14-22(15-21)34(25)29(36)26-27(19-9-5-4-6-10-19)37-30(32-26)33(2)3/h4-12,21-22,25H,13-17H2,1-3H3,(H,31,35)/t21-,22+,25+/m0/s1. The third-order valence-electron chi connectivity index (χ3n) is 8.20. The van der Waals surface area contributed by atoms with Crippen LogP contribution >= 0.6 is 11.3 Å². The summed E-state index contributed by atoms with van der Waals surface area (Å²) in [6.45, 7) is 2.51. The van der Waals surface area contributed by atoms with Crippen molar-refractivity contribution >= 4 is 33.9 Å². The zero-order valence-electron chi connectivity index (χ0n) is 21.5. The quantitative estimate of drug-likeness (QED) is 0.504. The molecule has 1 N–H and O–H groups in total. The molecule has 2 heterocycles. The van der Waals surface area contributed by atoms with Crippen LogP contribution in [0.25, 0.3) is 16.0 Å². The van der Waals surface area contributed by atoms with E-state index in [1.165, 1.54) is 5.56 Å². The lowest BCUT2D eigenvalue weighted by Crippen LogP contribution is -2.50. The number of thiazole rings is 1. The van der Waals surface area contributed by atoms with Gasteiger partial charge in [0.25, 0.3) is 5.91 Å². The first-order valence-corrected chi connectivity index (χ1v) is 13.9. The van der Waals surface area contributed by atoms with Crippen LogP contribution in [0.4, 0.5) is 5.13 Å². The van der Waals surface area contributed by atoms with Crippen molar-refractivity contribution < 1.29 is 9.59 Å². The van der Waals surface area contributed by atoms with Gasteiger partial charge in [0.1, 0.15) is 5.69 Å². The SMILES string of the molecule is CC1=C(C(=O)NC[C@@H]2[C@H]3CC[C@H](C3)N2C(=O)c2nc(N(C)C)sc2-c2ccccc2)Cc2ccccc21. The Morgan fingerprint density at radius 3 is 2.59 bits per heavy atom. The summed E-state index contributed by atoms with van der Waals surface area (Å²) in [4.78, 5) is 37.1. The fourth-order valence-corrected chi connectivity index (χ4v) is 7.29. The fraction of sp³-hybridized carbons (Fsp3) is 0.367. The monoisotopic (exact) mass is 512 g/mol. The van der Waals surface area contributed by atoms with Gasteiger partial charge in [-0.3, -0.25) is 9.59 Å². The van der Waals surface area contributed by atoms with Crippen LogP contribution in [-0.4, -0.2) is 54.4 Å². The zero-order chi connectivity index (χ0) is 25.7. The Bertz CT molecular complexity index is 1390. The summed E-state index contributed by atoms with van der Waals surface area (Å²) >= 11 is 1.55. The van der Waals surface area contributed by atoms with Crippen LogP contribution in [0.3, 0.4) is 0 Å². The molecule has 1 saturated heterocycles. The Labute approximate surface area is 222 Å². The Kier molecular flexibility index (Phi) is 6.11. The molecule has 2 amide bonds. The number of carbonyl (C=O) groups is 2. The normalized spacial score (nSPS) is 21.9. The lowest BCUT2D eigenvalue weighted by atomic mass is 9.97. The molecule has 3 atom stereocenters. The molecule has 2 fully saturated rings. The molecule has 0 spiro atoms. The van der Waals surface area contributed by atoms with Gasteiger partial charge in [0, 0.05) is 38.7 Å². The van der Waals surface area contributed by atoms with Gasteiger partial charge in [-0.05, 0) is 54.4 Å². The molecule has 37 heavy (non-hydrogen) atoms. The number of likely N-dealkylation sites (tertiary alicyclic amines) is 1. The molecule has 2 aromatic carbocycles. The van der Waals surface area contributed by atoms with Gasteiger partial charge < -0.3 is 15.1 Å². The predicted octanol–water partition coefficient (Wildman–Crippen LogP) is 5.02. The number of amides is 2. The van der Waals surface area contributed by atoms with Crippen molar-refractivity contribution in [3.63, 3.8) is 0 Å². The van der Waals surface area contributed by atoms with Crippen LogP contribution in [0.15, 0.2) is 60.2 Å². The molecule has 0 unspecified atom stereocenters. The summed E-state index contributed by atoms with van der Waals surface area (Å²) in [7, 11) is 3.91. The van der Waals surface area contributed by atoms with Gasteiger partial charge in [0.15, 0.2) is 5.13 Å². The third-order valence-corrected chi connectivity index (χ3v) is 9.47. The van der Waals surface area contributed by atoms with Crippen LogP contribution < -0.4 is 10.2 Å². The van der Waals surface area contributed by atoms with Crippen molar-refractivity contribution in [3.05, 3.63) is 77.0 Å². The van der Waals surface area contributed by atoms with Gasteiger partial charge >= 0.3 is 0 Å². The van der Waals surface area contributed by atoms with Crippen molar-refractivity contribution in [1.29, 1.82) is 0 Å². The lowest BCUT2D eigenvalue weighted by molar-refractivity contribution is -0.117. The zero-order valence-corrected chi connectivity index (χ0v) is 22.3. The van der Waals surface area contributed by atoms with E-state index in [4.69, 9.17) is 4.98 Å². The van der Waals surface area contributed by atoms with Gasteiger partial charge in [-0.2, -0.15) is 0 Å². The van der Waals surface area contributed by atoms with Gasteiger partial charge in [0.05, 0.1) is 10.9 Å². The average Bonchev–Trinajstić information content (AvgIpc) is 3.70. The Morgan fingerprint density at radius 2 is 1.84 bits per heavy atom. The van der Waals surface area contributed by atoms with Crippen LogP contribution in [0.2, 0.25) is 0 Å². The molecular formula is C30H32N4O2S. The number of fused-ring (bicyclic) bond motifs is 3. The fourth-order valence-electron chi connectivity index (χ4n) is 6.31. The number of carbonyl (C=O) groups excluding carboxylic acids is 2. The summed E-state index contributed by atoms with van der Waals surface area (Å²) < 4.78 is 0. The molecule has 6 rings (SSSR count). The van der Waals surface area contributed by atoms with Crippen molar-refractivity contribution in [1.82, 2.24) is 15.2 Å². The second-order valence-corrected chi connectivity index (χ2v) is 11.6. The molecule has 190 valence electrons. The van der Waals surface area contributed by atoms with E-state index in [1.54, 1.807) is 11.3 Å².